The largest absolute Gasteiger partial charge is 0.573 e. The zero-order chi connectivity index (χ0) is 17.3. The molecule has 0 saturated carbocycles. The number of aryl methyl sites for hydroxylation is 1. The number of benzene rings is 2. The van der Waals surface area contributed by atoms with Crippen LogP contribution in [0, 0.1) is 0 Å². The number of ketones is 1. The molecule has 0 aliphatic heterocycles. The number of ether oxygens (including phenoxy) is 1. The number of allylic oxidation sites excluding steroid dienone is 1. The van der Waals surface area contributed by atoms with E-state index in [0.29, 0.717) is 23.1 Å². The van der Waals surface area contributed by atoms with Gasteiger partial charge in [-0.3, -0.25) is 4.79 Å². The molecule has 2 aromatic rings. The van der Waals surface area contributed by atoms with Crippen molar-refractivity contribution in [2.75, 3.05) is 0 Å². The predicted octanol–water partition coefficient (Wildman–Crippen LogP) is 5.56. The van der Waals surface area contributed by atoms with Crippen molar-refractivity contribution in [1.29, 1.82) is 0 Å². The molecule has 3 rings (SSSR count). The number of rotatable bonds is 2. The van der Waals surface area contributed by atoms with Gasteiger partial charge in [-0.15, -0.1) is 13.2 Å². The summed E-state index contributed by atoms with van der Waals surface area (Å²) in [7, 11) is 0. The van der Waals surface area contributed by atoms with Crippen LogP contribution in [0.2, 0.25) is 0 Å². The first-order valence-electron chi connectivity index (χ1n) is 7.21. The zero-order valence-electron chi connectivity index (χ0n) is 12.4. The standard InChI is InChI=1S/C18H12BrF3O2/c19-14-5-8-16-12(10-14)3-4-13(17(16)23)9-11-1-6-15(7-2-11)24-18(20,21)22/h1-2,5-10H,3-4H2/b13-9+. The van der Waals surface area contributed by atoms with Crippen molar-refractivity contribution in [3.8, 4) is 5.75 Å². The van der Waals surface area contributed by atoms with Gasteiger partial charge in [-0.25, -0.2) is 0 Å². The molecule has 0 fully saturated rings. The Morgan fingerprint density at radius 2 is 1.75 bits per heavy atom. The van der Waals surface area contributed by atoms with E-state index >= 15 is 0 Å². The van der Waals surface area contributed by atoms with Crippen LogP contribution in [-0.2, 0) is 6.42 Å². The van der Waals surface area contributed by atoms with E-state index in [1.54, 1.807) is 12.1 Å². The molecule has 0 saturated heterocycles. The summed E-state index contributed by atoms with van der Waals surface area (Å²) in [6, 6.07) is 11.0. The first-order chi connectivity index (χ1) is 11.3. The summed E-state index contributed by atoms with van der Waals surface area (Å²) in [5.41, 5.74) is 2.98. The van der Waals surface area contributed by atoms with E-state index in [0.717, 1.165) is 16.5 Å². The van der Waals surface area contributed by atoms with E-state index in [9.17, 15) is 18.0 Å². The van der Waals surface area contributed by atoms with Gasteiger partial charge >= 0.3 is 6.36 Å². The number of carbonyl (C=O) groups excluding carboxylic acids is 1. The van der Waals surface area contributed by atoms with Crippen molar-refractivity contribution >= 4 is 27.8 Å². The number of fused-ring (bicyclic) bond motifs is 1. The van der Waals surface area contributed by atoms with Crippen LogP contribution in [-0.4, -0.2) is 12.1 Å². The lowest BCUT2D eigenvalue weighted by atomic mass is 9.86. The molecule has 0 unspecified atom stereocenters. The number of carbonyl (C=O) groups is 1. The monoisotopic (exact) mass is 396 g/mol. The third-order valence-corrected chi connectivity index (χ3v) is 4.22. The lowest BCUT2D eigenvalue weighted by molar-refractivity contribution is -0.274. The fraction of sp³-hybridized carbons (Fsp3) is 0.167. The molecule has 2 aromatic carbocycles. The summed E-state index contributed by atoms with van der Waals surface area (Å²) in [4.78, 5) is 12.5. The molecule has 0 bridgehead atoms. The molecule has 2 nitrogen and oxygen atoms in total. The van der Waals surface area contributed by atoms with Crippen LogP contribution >= 0.6 is 15.9 Å². The minimum atomic E-state index is -4.71. The van der Waals surface area contributed by atoms with E-state index in [4.69, 9.17) is 0 Å². The van der Waals surface area contributed by atoms with Crippen LogP contribution in [0.15, 0.2) is 52.5 Å². The summed E-state index contributed by atoms with van der Waals surface area (Å²) < 4.78 is 41.2. The van der Waals surface area contributed by atoms with Gasteiger partial charge < -0.3 is 4.74 Å². The highest BCUT2D eigenvalue weighted by Gasteiger charge is 2.31. The molecular weight excluding hydrogens is 385 g/mol. The Kier molecular flexibility index (Phi) is 4.49. The van der Waals surface area contributed by atoms with Gasteiger partial charge in [0.1, 0.15) is 5.75 Å². The molecule has 124 valence electrons. The minimum Gasteiger partial charge on any atom is -0.406 e. The second-order valence-electron chi connectivity index (χ2n) is 5.42. The highest BCUT2D eigenvalue weighted by Crippen LogP contribution is 2.29. The molecule has 1 aliphatic rings. The molecule has 0 aromatic heterocycles. The van der Waals surface area contributed by atoms with Gasteiger partial charge in [0.2, 0.25) is 0 Å². The van der Waals surface area contributed by atoms with Gasteiger partial charge in [0.05, 0.1) is 0 Å². The maximum Gasteiger partial charge on any atom is 0.573 e. The Balaban J connectivity index is 1.82. The van der Waals surface area contributed by atoms with Gasteiger partial charge in [0.25, 0.3) is 0 Å². The second-order valence-corrected chi connectivity index (χ2v) is 6.33. The van der Waals surface area contributed by atoms with Crippen LogP contribution in [0.4, 0.5) is 13.2 Å². The highest BCUT2D eigenvalue weighted by atomic mass is 79.9. The molecule has 1 aliphatic carbocycles. The van der Waals surface area contributed by atoms with Crippen LogP contribution in [0.25, 0.3) is 6.08 Å². The fourth-order valence-corrected chi connectivity index (χ4v) is 3.06. The van der Waals surface area contributed by atoms with Crippen molar-refractivity contribution in [2.24, 2.45) is 0 Å². The van der Waals surface area contributed by atoms with Gasteiger partial charge in [0, 0.05) is 15.6 Å². The maximum absolute atomic E-state index is 12.5. The first kappa shape index (κ1) is 16.8. The molecule has 0 atom stereocenters. The first-order valence-corrected chi connectivity index (χ1v) is 8.01. The van der Waals surface area contributed by atoms with Crippen LogP contribution in [0.1, 0.15) is 27.9 Å². The average molecular weight is 397 g/mol. The number of hydrogen-bond donors (Lipinski definition) is 0. The SMILES string of the molecule is O=C1/C(=C/c2ccc(OC(F)(F)F)cc2)CCc2cc(Br)ccc21. The van der Waals surface area contributed by atoms with E-state index in [2.05, 4.69) is 20.7 Å². The number of alkyl halides is 3. The van der Waals surface area contributed by atoms with Gasteiger partial charge in [-0.2, -0.15) is 0 Å². The Hall–Kier alpha value is -2.08. The predicted molar refractivity (Wildman–Crippen MR) is 87.9 cm³/mol. The molecular formula is C18H12BrF3O2. The number of Topliss-reactive ketones (excluding diaryl/α,β-unsaturated/α-hetero) is 1. The summed E-state index contributed by atoms with van der Waals surface area (Å²) in [6.07, 6.45) is -1.65. The topological polar surface area (TPSA) is 26.3 Å². The van der Waals surface area contributed by atoms with Crippen LogP contribution < -0.4 is 4.74 Å². The minimum absolute atomic E-state index is 0.0423. The highest BCUT2D eigenvalue weighted by molar-refractivity contribution is 9.10. The molecule has 0 spiro atoms. The molecule has 0 amide bonds. The van der Waals surface area contributed by atoms with Crippen molar-refractivity contribution in [3.63, 3.8) is 0 Å². The Morgan fingerprint density at radius 3 is 2.42 bits per heavy atom. The van der Waals surface area contributed by atoms with Crippen LogP contribution in [0.5, 0.6) is 5.75 Å². The maximum atomic E-state index is 12.5. The fourth-order valence-electron chi connectivity index (χ4n) is 2.65. The van der Waals surface area contributed by atoms with Gasteiger partial charge in [-0.05, 0) is 60.4 Å². The Bertz CT molecular complexity index is 808. The average Bonchev–Trinajstić information content (AvgIpc) is 2.50. The zero-order valence-corrected chi connectivity index (χ0v) is 13.9. The summed E-state index contributed by atoms with van der Waals surface area (Å²) in [5.74, 6) is -0.325. The summed E-state index contributed by atoms with van der Waals surface area (Å²) in [6.45, 7) is 0. The molecule has 6 heteroatoms. The lowest BCUT2D eigenvalue weighted by Crippen LogP contribution is -2.17. The van der Waals surface area contributed by atoms with Gasteiger partial charge in [-0.1, -0.05) is 28.1 Å². The lowest BCUT2D eigenvalue weighted by Gasteiger charge is -2.17. The third kappa shape index (κ3) is 3.87. The second kappa shape index (κ2) is 6.43. The number of hydrogen-bond acceptors (Lipinski definition) is 2. The van der Waals surface area contributed by atoms with Gasteiger partial charge in [0.15, 0.2) is 5.78 Å². The Labute approximate surface area is 145 Å². The van der Waals surface area contributed by atoms with Crippen LogP contribution in [0.3, 0.4) is 0 Å². The van der Waals surface area contributed by atoms with Crippen molar-refractivity contribution in [2.45, 2.75) is 19.2 Å². The quantitative estimate of drug-likeness (QED) is 0.621. The molecule has 0 radical (unpaired) electrons. The van der Waals surface area contributed by atoms with Crippen molar-refractivity contribution in [3.05, 3.63) is 69.2 Å². The van der Waals surface area contributed by atoms with E-state index in [1.807, 2.05) is 12.1 Å². The smallest absolute Gasteiger partial charge is 0.406 e. The van der Waals surface area contributed by atoms with E-state index in [-0.39, 0.29) is 11.5 Å². The molecule has 24 heavy (non-hydrogen) atoms. The Morgan fingerprint density at radius 1 is 1.04 bits per heavy atom. The van der Waals surface area contributed by atoms with E-state index in [1.165, 1.54) is 24.3 Å². The van der Waals surface area contributed by atoms with Crippen molar-refractivity contribution in [1.82, 2.24) is 0 Å². The molecule has 0 N–H and O–H groups in total. The molecule has 0 heterocycles. The third-order valence-electron chi connectivity index (χ3n) is 3.72. The summed E-state index contributed by atoms with van der Waals surface area (Å²) in [5, 5.41) is 0. The summed E-state index contributed by atoms with van der Waals surface area (Å²) >= 11 is 3.39. The van der Waals surface area contributed by atoms with E-state index < -0.39 is 6.36 Å². The number of halogens is 4. The normalized spacial score (nSPS) is 16.2. The van der Waals surface area contributed by atoms with Crippen molar-refractivity contribution < 1.29 is 22.7 Å².